The number of sulfonamides is 1. The number of nitrogens with one attached hydrogen (secondary N) is 1. The molecule has 0 unspecified atom stereocenters. The van der Waals surface area contributed by atoms with Gasteiger partial charge in [0, 0.05) is 0 Å². The van der Waals surface area contributed by atoms with Crippen molar-refractivity contribution in [3.8, 4) is 5.75 Å². The molecule has 0 spiro atoms. The maximum Gasteiger partial charge on any atom is 0.416 e. The van der Waals surface area contributed by atoms with Crippen LogP contribution in [0, 0.1) is 6.92 Å². The molecule has 0 aliphatic heterocycles. The van der Waals surface area contributed by atoms with Crippen LogP contribution in [0.2, 0.25) is 0 Å². The van der Waals surface area contributed by atoms with E-state index in [1.54, 1.807) is 26.0 Å². The molecule has 2 aromatic rings. The molecule has 0 aromatic heterocycles. The summed E-state index contributed by atoms with van der Waals surface area (Å²) in [6.45, 7) is 3.63. The second-order valence-corrected chi connectivity index (χ2v) is 6.74. The van der Waals surface area contributed by atoms with E-state index in [9.17, 15) is 21.6 Å². The zero-order valence-electron chi connectivity index (χ0n) is 13.0. The van der Waals surface area contributed by atoms with E-state index in [4.69, 9.17) is 4.74 Å². The highest BCUT2D eigenvalue weighted by Gasteiger charge is 2.31. The van der Waals surface area contributed by atoms with Gasteiger partial charge in [-0.25, -0.2) is 8.42 Å². The SMILES string of the molecule is CCOc1ccc(C(F)(F)F)cc1NS(=O)(=O)c1ccc(C)cc1. The van der Waals surface area contributed by atoms with Gasteiger partial charge in [-0.2, -0.15) is 13.2 Å². The van der Waals surface area contributed by atoms with Crippen molar-refractivity contribution in [3.05, 3.63) is 53.6 Å². The Balaban J connectivity index is 2.44. The predicted octanol–water partition coefficient (Wildman–Crippen LogP) is 4.21. The number of aryl methyl sites for hydroxylation is 1. The lowest BCUT2D eigenvalue weighted by Gasteiger charge is -2.15. The average molecular weight is 359 g/mol. The minimum absolute atomic E-state index is 0.0289. The number of alkyl halides is 3. The van der Waals surface area contributed by atoms with Crippen molar-refractivity contribution in [2.24, 2.45) is 0 Å². The zero-order valence-corrected chi connectivity index (χ0v) is 13.8. The molecule has 0 aliphatic carbocycles. The number of halogens is 3. The summed E-state index contributed by atoms with van der Waals surface area (Å²) in [5.74, 6) is 0.0289. The van der Waals surface area contributed by atoms with Gasteiger partial charge in [-0.15, -0.1) is 0 Å². The van der Waals surface area contributed by atoms with Gasteiger partial charge in [-0.1, -0.05) is 17.7 Å². The summed E-state index contributed by atoms with van der Waals surface area (Å²) in [6, 6.07) is 8.62. The van der Waals surface area contributed by atoms with Crippen molar-refractivity contribution in [3.63, 3.8) is 0 Å². The molecule has 8 heteroatoms. The van der Waals surface area contributed by atoms with E-state index in [1.807, 2.05) is 0 Å². The molecular weight excluding hydrogens is 343 g/mol. The maximum atomic E-state index is 12.9. The Labute approximate surface area is 138 Å². The van der Waals surface area contributed by atoms with Crippen LogP contribution in [-0.2, 0) is 16.2 Å². The van der Waals surface area contributed by atoms with Crippen LogP contribution in [0.3, 0.4) is 0 Å². The van der Waals surface area contributed by atoms with E-state index in [2.05, 4.69) is 4.72 Å². The molecule has 0 fully saturated rings. The highest BCUT2D eigenvalue weighted by Crippen LogP contribution is 2.36. The number of benzene rings is 2. The van der Waals surface area contributed by atoms with Crippen LogP contribution in [0.4, 0.5) is 18.9 Å². The van der Waals surface area contributed by atoms with Crippen molar-refractivity contribution in [2.45, 2.75) is 24.9 Å². The van der Waals surface area contributed by atoms with Crippen LogP contribution < -0.4 is 9.46 Å². The second-order valence-electron chi connectivity index (χ2n) is 5.06. The van der Waals surface area contributed by atoms with E-state index in [-0.39, 0.29) is 22.9 Å². The van der Waals surface area contributed by atoms with E-state index in [0.29, 0.717) is 0 Å². The molecule has 4 nitrogen and oxygen atoms in total. The standard InChI is InChI=1S/C16H16F3NO3S/c1-3-23-15-9-6-12(16(17,18)19)10-14(15)20-24(21,22)13-7-4-11(2)5-8-13/h4-10,20H,3H2,1-2H3. The molecule has 130 valence electrons. The Kier molecular flexibility index (Phi) is 5.08. The molecule has 2 rings (SSSR count). The minimum Gasteiger partial charge on any atom is -0.492 e. The van der Waals surface area contributed by atoms with E-state index >= 15 is 0 Å². The summed E-state index contributed by atoms with van der Waals surface area (Å²) >= 11 is 0. The third-order valence-corrected chi connectivity index (χ3v) is 4.56. The summed E-state index contributed by atoms with van der Waals surface area (Å²) in [5.41, 5.74) is -0.358. The van der Waals surface area contributed by atoms with Gasteiger partial charge in [-0.3, -0.25) is 4.72 Å². The lowest BCUT2D eigenvalue weighted by molar-refractivity contribution is -0.137. The molecule has 0 atom stereocenters. The molecule has 0 amide bonds. The fraction of sp³-hybridized carbons (Fsp3) is 0.250. The summed E-state index contributed by atoms with van der Waals surface area (Å²) in [4.78, 5) is -0.0482. The normalized spacial score (nSPS) is 12.0. The highest BCUT2D eigenvalue weighted by molar-refractivity contribution is 7.92. The summed E-state index contributed by atoms with van der Waals surface area (Å²) in [5, 5.41) is 0. The van der Waals surface area contributed by atoms with Gasteiger partial charge in [0.2, 0.25) is 0 Å². The number of ether oxygens (including phenoxy) is 1. The molecule has 0 radical (unpaired) electrons. The predicted molar refractivity (Wildman–Crippen MR) is 84.6 cm³/mol. The third kappa shape index (κ3) is 4.19. The molecule has 0 saturated carbocycles. The molecule has 0 bridgehead atoms. The lowest BCUT2D eigenvalue weighted by Crippen LogP contribution is -2.15. The Morgan fingerprint density at radius 1 is 1.08 bits per heavy atom. The fourth-order valence-electron chi connectivity index (χ4n) is 1.99. The van der Waals surface area contributed by atoms with Gasteiger partial charge in [0.1, 0.15) is 5.75 Å². The van der Waals surface area contributed by atoms with Crippen LogP contribution in [0.25, 0.3) is 0 Å². The Hall–Kier alpha value is -2.22. The van der Waals surface area contributed by atoms with Gasteiger partial charge >= 0.3 is 6.18 Å². The van der Waals surface area contributed by atoms with E-state index in [1.165, 1.54) is 12.1 Å². The minimum atomic E-state index is -4.59. The van der Waals surface area contributed by atoms with Crippen LogP contribution in [0.15, 0.2) is 47.4 Å². The highest BCUT2D eigenvalue weighted by atomic mass is 32.2. The Morgan fingerprint density at radius 2 is 1.71 bits per heavy atom. The molecule has 24 heavy (non-hydrogen) atoms. The number of hydrogen-bond acceptors (Lipinski definition) is 3. The molecule has 2 aromatic carbocycles. The van der Waals surface area contributed by atoms with E-state index in [0.717, 1.165) is 23.8 Å². The lowest BCUT2D eigenvalue weighted by atomic mass is 10.2. The summed E-state index contributed by atoms with van der Waals surface area (Å²) in [7, 11) is -4.03. The van der Waals surface area contributed by atoms with Gasteiger partial charge in [-0.05, 0) is 44.2 Å². The van der Waals surface area contributed by atoms with Crippen molar-refractivity contribution in [1.82, 2.24) is 0 Å². The fourth-order valence-corrected chi connectivity index (χ4v) is 3.05. The van der Waals surface area contributed by atoms with Crippen molar-refractivity contribution in [1.29, 1.82) is 0 Å². The zero-order chi connectivity index (χ0) is 18.0. The second kappa shape index (κ2) is 6.72. The Morgan fingerprint density at radius 3 is 2.25 bits per heavy atom. The average Bonchev–Trinajstić information content (AvgIpc) is 2.48. The monoisotopic (exact) mass is 359 g/mol. The molecule has 0 saturated heterocycles. The van der Waals surface area contributed by atoms with Gasteiger partial charge in [0.05, 0.1) is 22.8 Å². The van der Waals surface area contributed by atoms with E-state index < -0.39 is 21.8 Å². The Bertz CT molecular complexity index is 815. The molecular formula is C16H16F3NO3S. The van der Waals surface area contributed by atoms with Crippen LogP contribution in [-0.4, -0.2) is 15.0 Å². The van der Waals surface area contributed by atoms with Crippen LogP contribution in [0.1, 0.15) is 18.1 Å². The van der Waals surface area contributed by atoms with Gasteiger partial charge < -0.3 is 4.74 Å². The van der Waals surface area contributed by atoms with Crippen LogP contribution >= 0.6 is 0 Å². The first kappa shape index (κ1) is 18.1. The van der Waals surface area contributed by atoms with Gasteiger partial charge in [0.25, 0.3) is 10.0 Å². The first-order valence-corrected chi connectivity index (χ1v) is 8.55. The van der Waals surface area contributed by atoms with Crippen molar-refractivity contribution < 1.29 is 26.3 Å². The topological polar surface area (TPSA) is 55.4 Å². The maximum absolute atomic E-state index is 12.9. The first-order valence-electron chi connectivity index (χ1n) is 7.07. The largest absolute Gasteiger partial charge is 0.492 e. The number of hydrogen-bond donors (Lipinski definition) is 1. The van der Waals surface area contributed by atoms with Crippen molar-refractivity contribution in [2.75, 3.05) is 11.3 Å². The van der Waals surface area contributed by atoms with Crippen LogP contribution in [0.5, 0.6) is 5.75 Å². The molecule has 0 aliphatic rings. The molecule has 1 N–H and O–H groups in total. The molecule has 0 heterocycles. The number of rotatable bonds is 5. The first-order chi connectivity index (χ1) is 11.1. The smallest absolute Gasteiger partial charge is 0.416 e. The van der Waals surface area contributed by atoms with Gasteiger partial charge in [0.15, 0.2) is 0 Å². The summed E-state index contributed by atoms with van der Waals surface area (Å²) < 4.78 is 70.7. The summed E-state index contributed by atoms with van der Waals surface area (Å²) in [6.07, 6.45) is -4.59. The van der Waals surface area contributed by atoms with Crippen molar-refractivity contribution >= 4 is 15.7 Å². The number of anilines is 1. The quantitative estimate of drug-likeness (QED) is 0.870. The third-order valence-electron chi connectivity index (χ3n) is 3.18.